The van der Waals surface area contributed by atoms with E-state index in [0.717, 1.165) is 31.4 Å². The summed E-state index contributed by atoms with van der Waals surface area (Å²) >= 11 is 5.04. The van der Waals surface area contributed by atoms with E-state index in [1.165, 1.54) is 0 Å². The van der Waals surface area contributed by atoms with Crippen LogP contribution in [0.15, 0.2) is 94.4 Å². The van der Waals surface area contributed by atoms with Gasteiger partial charge in [0.1, 0.15) is 0 Å². The maximum atomic E-state index is 13.4. The summed E-state index contributed by atoms with van der Waals surface area (Å²) in [4.78, 5) is 17.7. The number of aromatic nitrogens is 1. The summed E-state index contributed by atoms with van der Waals surface area (Å²) in [5.74, 6) is 0.113. The van der Waals surface area contributed by atoms with Crippen LogP contribution in [0.1, 0.15) is 21.2 Å². The number of fused-ring (bicyclic) bond motifs is 1. The number of halogens is 1. The lowest BCUT2D eigenvalue weighted by Crippen LogP contribution is -2.09. The van der Waals surface area contributed by atoms with Crippen LogP contribution >= 0.6 is 27.7 Å². The van der Waals surface area contributed by atoms with Gasteiger partial charge in [0, 0.05) is 32.0 Å². The highest BCUT2D eigenvalue weighted by atomic mass is 79.9. The van der Waals surface area contributed by atoms with Crippen LogP contribution in [0, 0.1) is 0 Å². The average Bonchev–Trinajstić information content (AvgIpc) is 3.12. The van der Waals surface area contributed by atoms with Gasteiger partial charge in [-0.1, -0.05) is 64.5 Å². The minimum absolute atomic E-state index is 0.113. The Bertz CT molecular complexity index is 1040. The second-order valence-electron chi connectivity index (χ2n) is 5.97. The molecule has 2 nitrogen and oxygen atoms in total. The molecule has 1 N–H and O–H groups in total. The topological polar surface area (TPSA) is 32.9 Å². The zero-order chi connectivity index (χ0) is 17.9. The number of aromatic amines is 1. The first kappa shape index (κ1) is 17.1. The second-order valence-corrected chi connectivity index (χ2v) is 8.07. The molecule has 128 valence electrons. The maximum Gasteiger partial charge on any atom is 0.182 e. The Morgan fingerprint density at radius 1 is 0.885 bits per heavy atom. The third kappa shape index (κ3) is 3.48. The number of Topliss-reactive ketones (excluding diaryl/α,β-unsaturated/α-hetero) is 1. The van der Waals surface area contributed by atoms with E-state index in [0.29, 0.717) is 0 Å². The highest BCUT2D eigenvalue weighted by Crippen LogP contribution is 2.39. The number of para-hydroxylation sites is 1. The number of hydrogen-bond donors (Lipinski definition) is 1. The van der Waals surface area contributed by atoms with Gasteiger partial charge in [-0.3, -0.25) is 4.79 Å². The molecule has 1 aromatic heterocycles. The number of carbonyl (C=O) groups excluding carboxylic acids is 1. The SMILES string of the molecule is O=C(c1c[nH]c2ccccc12)C(Sc1ccc(Br)cc1)c1ccccc1. The molecule has 3 aromatic carbocycles. The van der Waals surface area contributed by atoms with E-state index < -0.39 is 0 Å². The van der Waals surface area contributed by atoms with Gasteiger partial charge >= 0.3 is 0 Å². The molecule has 0 saturated heterocycles. The van der Waals surface area contributed by atoms with Gasteiger partial charge in [-0.25, -0.2) is 0 Å². The first-order chi connectivity index (χ1) is 12.7. The first-order valence-corrected chi connectivity index (χ1v) is 9.97. The van der Waals surface area contributed by atoms with Crippen molar-refractivity contribution in [2.24, 2.45) is 0 Å². The Labute approximate surface area is 164 Å². The number of ketones is 1. The molecule has 26 heavy (non-hydrogen) atoms. The van der Waals surface area contributed by atoms with E-state index in [1.807, 2.05) is 85.1 Å². The van der Waals surface area contributed by atoms with Crippen molar-refractivity contribution in [2.75, 3.05) is 0 Å². The molecule has 4 aromatic rings. The molecule has 0 radical (unpaired) electrons. The zero-order valence-electron chi connectivity index (χ0n) is 13.9. The van der Waals surface area contributed by atoms with Crippen LogP contribution in [0.25, 0.3) is 10.9 Å². The third-order valence-electron chi connectivity index (χ3n) is 4.26. The number of rotatable bonds is 5. The van der Waals surface area contributed by atoms with Crippen LogP contribution in [0.4, 0.5) is 0 Å². The van der Waals surface area contributed by atoms with Gasteiger partial charge in [0.2, 0.25) is 0 Å². The van der Waals surface area contributed by atoms with Crippen LogP contribution in [-0.2, 0) is 0 Å². The lowest BCUT2D eigenvalue weighted by atomic mass is 10.0. The van der Waals surface area contributed by atoms with E-state index in [2.05, 4.69) is 20.9 Å². The molecule has 4 heteroatoms. The molecule has 1 unspecified atom stereocenters. The largest absolute Gasteiger partial charge is 0.360 e. The summed E-state index contributed by atoms with van der Waals surface area (Å²) in [7, 11) is 0. The highest BCUT2D eigenvalue weighted by molar-refractivity contribution is 9.10. The smallest absolute Gasteiger partial charge is 0.182 e. The minimum Gasteiger partial charge on any atom is -0.360 e. The maximum absolute atomic E-state index is 13.4. The van der Waals surface area contributed by atoms with Crippen LogP contribution in [0.5, 0.6) is 0 Å². The van der Waals surface area contributed by atoms with Crippen molar-refractivity contribution >= 4 is 44.4 Å². The summed E-state index contributed by atoms with van der Waals surface area (Å²) in [5.41, 5.74) is 2.73. The number of benzene rings is 3. The quantitative estimate of drug-likeness (QED) is 0.289. The number of thioether (sulfide) groups is 1. The van der Waals surface area contributed by atoms with Crippen molar-refractivity contribution in [3.63, 3.8) is 0 Å². The Balaban J connectivity index is 1.74. The third-order valence-corrected chi connectivity index (χ3v) is 6.06. The van der Waals surface area contributed by atoms with Crippen LogP contribution in [0.3, 0.4) is 0 Å². The first-order valence-electron chi connectivity index (χ1n) is 8.30. The Morgan fingerprint density at radius 3 is 2.35 bits per heavy atom. The molecule has 0 fully saturated rings. The van der Waals surface area contributed by atoms with Crippen molar-refractivity contribution in [1.82, 2.24) is 4.98 Å². The van der Waals surface area contributed by atoms with Gasteiger partial charge < -0.3 is 4.98 Å². The molecule has 0 aliphatic heterocycles. The van der Waals surface area contributed by atoms with Gasteiger partial charge in [-0.2, -0.15) is 0 Å². The highest BCUT2D eigenvalue weighted by Gasteiger charge is 2.25. The molecule has 0 aliphatic carbocycles. The molecule has 0 bridgehead atoms. The van der Waals surface area contributed by atoms with Gasteiger partial charge in [0.15, 0.2) is 5.78 Å². The van der Waals surface area contributed by atoms with Crippen LogP contribution < -0.4 is 0 Å². The van der Waals surface area contributed by atoms with Crippen molar-refractivity contribution in [2.45, 2.75) is 10.1 Å². The average molecular weight is 422 g/mol. The molecule has 0 spiro atoms. The molecule has 0 aliphatic rings. The molecular formula is C22H16BrNOS. The lowest BCUT2D eigenvalue weighted by Gasteiger charge is -2.16. The molecule has 0 saturated carbocycles. The molecular weight excluding hydrogens is 406 g/mol. The van der Waals surface area contributed by atoms with E-state index in [9.17, 15) is 4.79 Å². The van der Waals surface area contributed by atoms with E-state index in [4.69, 9.17) is 0 Å². The fourth-order valence-electron chi connectivity index (χ4n) is 2.97. The predicted molar refractivity (Wildman–Crippen MR) is 112 cm³/mol. The zero-order valence-corrected chi connectivity index (χ0v) is 16.3. The summed E-state index contributed by atoms with van der Waals surface area (Å²) < 4.78 is 1.03. The van der Waals surface area contributed by atoms with Crippen LogP contribution in [-0.4, -0.2) is 10.8 Å². The van der Waals surface area contributed by atoms with Gasteiger partial charge in [-0.05, 0) is 35.9 Å². The lowest BCUT2D eigenvalue weighted by molar-refractivity contribution is 0.0991. The van der Waals surface area contributed by atoms with Gasteiger partial charge in [0.25, 0.3) is 0 Å². The second kappa shape index (κ2) is 7.52. The number of hydrogen-bond acceptors (Lipinski definition) is 2. The van der Waals surface area contributed by atoms with E-state index in [1.54, 1.807) is 11.8 Å². The van der Waals surface area contributed by atoms with Crippen molar-refractivity contribution in [3.8, 4) is 0 Å². The predicted octanol–water partition coefficient (Wildman–Crippen LogP) is 6.65. The number of nitrogens with one attached hydrogen (secondary N) is 1. The Kier molecular flexibility index (Phi) is 4.96. The molecule has 4 rings (SSSR count). The molecule has 0 amide bonds. The van der Waals surface area contributed by atoms with Crippen LogP contribution in [0.2, 0.25) is 0 Å². The van der Waals surface area contributed by atoms with Crippen molar-refractivity contribution in [3.05, 3.63) is 101 Å². The summed E-state index contributed by atoms with van der Waals surface area (Å²) in [5, 5.41) is 0.673. The normalized spacial score (nSPS) is 12.2. The van der Waals surface area contributed by atoms with E-state index in [-0.39, 0.29) is 11.0 Å². The fourth-order valence-corrected chi connectivity index (χ4v) is 4.32. The molecule has 1 atom stereocenters. The standard InChI is InChI=1S/C22H16BrNOS/c23-16-10-12-17(13-11-16)26-22(15-6-2-1-3-7-15)21(25)19-14-24-20-9-5-4-8-18(19)20/h1-14,22,24H. The number of H-pyrrole nitrogens is 1. The Hall–Kier alpha value is -2.30. The fraction of sp³-hybridized carbons (Fsp3) is 0.0455. The number of carbonyl (C=O) groups is 1. The minimum atomic E-state index is -0.295. The van der Waals surface area contributed by atoms with Crippen molar-refractivity contribution < 1.29 is 4.79 Å². The summed E-state index contributed by atoms with van der Waals surface area (Å²) in [6.07, 6.45) is 1.82. The summed E-state index contributed by atoms with van der Waals surface area (Å²) in [6.45, 7) is 0. The van der Waals surface area contributed by atoms with Crippen molar-refractivity contribution in [1.29, 1.82) is 0 Å². The summed E-state index contributed by atoms with van der Waals surface area (Å²) in [6, 6.07) is 26.0. The van der Waals surface area contributed by atoms with Gasteiger partial charge in [-0.15, -0.1) is 11.8 Å². The molecule has 1 heterocycles. The Morgan fingerprint density at radius 2 is 1.58 bits per heavy atom. The monoisotopic (exact) mass is 421 g/mol. The van der Waals surface area contributed by atoms with Gasteiger partial charge in [0.05, 0.1) is 5.25 Å². The van der Waals surface area contributed by atoms with E-state index >= 15 is 0 Å².